The summed E-state index contributed by atoms with van der Waals surface area (Å²) < 4.78 is 12.1. The topological polar surface area (TPSA) is 18.5 Å². The van der Waals surface area contributed by atoms with Gasteiger partial charge in [-0.05, 0) is 55.7 Å². The third kappa shape index (κ3) is 4.84. The van der Waals surface area contributed by atoms with Gasteiger partial charge in [0.1, 0.15) is 0 Å². The van der Waals surface area contributed by atoms with E-state index in [1.165, 1.54) is 37.7 Å². The summed E-state index contributed by atoms with van der Waals surface area (Å²) in [6.07, 6.45) is 11.7. The molecule has 0 aromatic heterocycles. The molecule has 1 aromatic carbocycles. The minimum absolute atomic E-state index is 0.00647. The van der Waals surface area contributed by atoms with Gasteiger partial charge in [-0.1, -0.05) is 49.2 Å². The van der Waals surface area contributed by atoms with E-state index in [0.717, 1.165) is 24.7 Å². The Kier molecular flexibility index (Phi) is 6.76. The molecule has 1 heterocycles. The summed E-state index contributed by atoms with van der Waals surface area (Å²) in [6.45, 7) is 3.82. The molecular weight excluding hydrogens is 320 g/mol. The standard InChI is InChI=1S/C21H29ClO2/c1-2-3-4-5-16-14-23-21(24-15-16)19-8-6-17(7-9-19)18-10-12-20(22)13-11-18/h4-5,10-13,16-17,19,21H,2-3,6-9,14-15H2,1H3. The fraction of sp³-hybridized carbons (Fsp3) is 0.619. The van der Waals surface area contributed by atoms with Crippen molar-refractivity contribution in [2.24, 2.45) is 11.8 Å². The largest absolute Gasteiger partial charge is 0.352 e. The van der Waals surface area contributed by atoms with Crippen LogP contribution in [0.25, 0.3) is 0 Å². The van der Waals surface area contributed by atoms with Crippen molar-refractivity contribution < 1.29 is 9.47 Å². The lowest BCUT2D eigenvalue weighted by Gasteiger charge is -2.37. The number of rotatable bonds is 5. The van der Waals surface area contributed by atoms with E-state index in [1.54, 1.807) is 0 Å². The SMILES string of the molecule is CCCC=CC1COC(C2CCC(c3ccc(Cl)cc3)CC2)OC1. The van der Waals surface area contributed by atoms with Crippen molar-refractivity contribution in [3.8, 4) is 0 Å². The van der Waals surface area contributed by atoms with Crippen LogP contribution in [-0.4, -0.2) is 19.5 Å². The highest BCUT2D eigenvalue weighted by atomic mass is 35.5. The first kappa shape index (κ1) is 18.0. The molecule has 24 heavy (non-hydrogen) atoms. The van der Waals surface area contributed by atoms with E-state index in [1.807, 2.05) is 12.1 Å². The number of hydrogen-bond acceptors (Lipinski definition) is 2. The summed E-state index contributed by atoms with van der Waals surface area (Å²) >= 11 is 5.99. The molecule has 3 rings (SSSR count). The Morgan fingerprint density at radius 3 is 2.33 bits per heavy atom. The maximum Gasteiger partial charge on any atom is 0.160 e. The lowest BCUT2D eigenvalue weighted by atomic mass is 9.78. The summed E-state index contributed by atoms with van der Waals surface area (Å²) in [5, 5.41) is 0.819. The van der Waals surface area contributed by atoms with Crippen LogP contribution in [0.2, 0.25) is 5.02 Å². The van der Waals surface area contributed by atoms with Crippen molar-refractivity contribution in [3.63, 3.8) is 0 Å². The molecule has 0 amide bonds. The molecule has 1 saturated carbocycles. The van der Waals surface area contributed by atoms with Crippen LogP contribution in [0.15, 0.2) is 36.4 Å². The Hall–Kier alpha value is -0.830. The van der Waals surface area contributed by atoms with Crippen molar-refractivity contribution in [1.29, 1.82) is 0 Å². The van der Waals surface area contributed by atoms with Crippen molar-refractivity contribution in [1.82, 2.24) is 0 Å². The molecule has 3 heteroatoms. The van der Waals surface area contributed by atoms with Gasteiger partial charge < -0.3 is 9.47 Å². The van der Waals surface area contributed by atoms with Gasteiger partial charge in [0.25, 0.3) is 0 Å². The predicted molar refractivity (Wildman–Crippen MR) is 99.4 cm³/mol. The maximum atomic E-state index is 6.03. The second kappa shape index (κ2) is 9.03. The molecule has 1 aliphatic carbocycles. The second-order valence-electron chi connectivity index (χ2n) is 7.18. The normalized spacial score (nSPS) is 31.4. The Bertz CT molecular complexity index is 509. The van der Waals surface area contributed by atoms with Gasteiger partial charge >= 0.3 is 0 Å². The van der Waals surface area contributed by atoms with Crippen LogP contribution in [0, 0.1) is 11.8 Å². The number of allylic oxidation sites excluding steroid dienone is 1. The molecular formula is C21H29ClO2. The zero-order valence-electron chi connectivity index (χ0n) is 14.6. The first-order chi connectivity index (χ1) is 11.8. The molecule has 2 aliphatic rings. The summed E-state index contributed by atoms with van der Waals surface area (Å²) in [6, 6.07) is 8.35. The lowest BCUT2D eigenvalue weighted by molar-refractivity contribution is -0.222. The Morgan fingerprint density at radius 2 is 1.71 bits per heavy atom. The third-order valence-corrected chi connectivity index (χ3v) is 5.56. The Labute approximate surface area is 151 Å². The summed E-state index contributed by atoms with van der Waals surface area (Å²) in [7, 11) is 0. The molecule has 1 saturated heterocycles. The zero-order valence-corrected chi connectivity index (χ0v) is 15.4. The zero-order chi connectivity index (χ0) is 16.8. The van der Waals surface area contributed by atoms with Crippen LogP contribution >= 0.6 is 11.6 Å². The van der Waals surface area contributed by atoms with Crippen molar-refractivity contribution in [2.75, 3.05) is 13.2 Å². The highest BCUT2D eigenvalue weighted by Crippen LogP contribution is 2.39. The van der Waals surface area contributed by atoms with Crippen LogP contribution in [0.3, 0.4) is 0 Å². The summed E-state index contributed by atoms with van der Waals surface area (Å²) in [4.78, 5) is 0. The molecule has 2 fully saturated rings. The number of hydrogen-bond donors (Lipinski definition) is 0. The molecule has 1 aromatic rings. The van der Waals surface area contributed by atoms with Crippen molar-refractivity contribution >= 4 is 11.6 Å². The lowest BCUT2D eigenvalue weighted by Crippen LogP contribution is -2.37. The van der Waals surface area contributed by atoms with Crippen molar-refractivity contribution in [2.45, 2.75) is 57.7 Å². The van der Waals surface area contributed by atoms with Crippen molar-refractivity contribution in [3.05, 3.63) is 47.0 Å². The van der Waals surface area contributed by atoms with E-state index in [2.05, 4.69) is 31.2 Å². The van der Waals surface area contributed by atoms with Gasteiger partial charge in [0.2, 0.25) is 0 Å². The van der Waals surface area contributed by atoms with Crippen LogP contribution in [0.5, 0.6) is 0 Å². The minimum atomic E-state index is 0.00647. The van der Waals surface area contributed by atoms with Gasteiger partial charge in [0.15, 0.2) is 6.29 Å². The van der Waals surface area contributed by atoms with Gasteiger partial charge in [0, 0.05) is 16.9 Å². The quantitative estimate of drug-likeness (QED) is 0.611. The van der Waals surface area contributed by atoms with Crippen LogP contribution < -0.4 is 0 Å². The average molecular weight is 349 g/mol. The van der Waals surface area contributed by atoms with Crippen LogP contribution in [0.4, 0.5) is 0 Å². The third-order valence-electron chi connectivity index (χ3n) is 5.31. The van der Waals surface area contributed by atoms with Crippen LogP contribution in [-0.2, 0) is 9.47 Å². The second-order valence-corrected chi connectivity index (χ2v) is 7.61. The Balaban J connectivity index is 1.43. The number of halogens is 1. The summed E-state index contributed by atoms with van der Waals surface area (Å²) in [5.41, 5.74) is 1.42. The van der Waals surface area contributed by atoms with E-state index >= 15 is 0 Å². The van der Waals surface area contributed by atoms with E-state index in [-0.39, 0.29) is 6.29 Å². The Morgan fingerprint density at radius 1 is 1.04 bits per heavy atom. The number of benzene rings is 1. The highest BCUT2D eigenvalue weighted by molar-refractivity contribution is 6.30. The average Bonchev–Trinajstić information content (AvgIpc) is 2.63. The molecule has 132 valence electrons. The molecule has 0 N–H and O–H groups in total. The molecule has 0 atom stereocenters. The van der Waals surface area contributed by atoms with E-state index in [0.29, 0.717) is 17.8 Å². The monoisotopic (exact) mass is 348 g/mol. The smallest absolute Gasteiger partial charge is 0.160 e. The number of unbranched alkanes of at least 4 members (excludes halogenated alkanes) is 1. The molecule has 0 spiro atoms. The molecule has 2 nitrogen and oxygen atoms in total. The molecule has 1 aliphatic heterocycles. The van der Waals surface area contributed by atoms with E-state index < -0.39 is 0 Å². The highest BCUT2D eigenvalue weighted by Gasteiger charge is 2.32. The van der Waals surface area contributed by atoms with Crippen LogP contribution in [0.1, 0.15) is 56.9 Å². The van der Waals surface area contributed by atoms with Gasteiger partial charge in [-0.2, -0.15) is 0 Å². The van der Waals surface area contributed by atoms with E-state index in [4.69, 9.17) is 21.1 Å². The fourth-order valence-electron chi connectivity index (χ4n) is 3.83. The predicted octanol–water partition coefficient (Wildman–Crippen LogP) is 5.96. The molecule has 0 unspecified atom stereocenters. The fourth-order valence-corrected chi connectivity index (χ4v) is 3.96. The number of ether oxygens (including phenoxy) is 2. The summed E-state index contributed by atoms with van der Waals surface area (Å²) in [5.74, 6) is 1.64. The molecule has 0 bridgehead atoms. The van der Waals surface area contributed by atoms with Gasteiger partial charge in [-0.3, -0.25) is 0 Å². The van der Waals surface area contributed by atoms with E-state index in [9.17, 15) is 0 Å². The van der Waals surface area contributed by atoms with Gasteiger partial charge in [0.05, 0.1) is 13.2 Å². The first-order valence-electron chi connectivity index (χ1n) is 9.41. The maximum absolute atomic E-state index is 6.03. The first-order valence-corrected chi connectivity index (χ1v) is 9.79. The van der Waals surface area contributed by atoms with Gasteiger partial charge in [-0.15, -0.1) is 0 Å². The minimum Gasteiger partial charge on any atom is -0.352 e. The molecule has 0 radical (unpaired) electrons. The van der Waals surface area contributed by atoms with Gasteiger partial charge in [-0.25, -0.2) is 0 Å².